The fourth-order valence-corrected chi connectivity index (χ4v) is 3.33. The summed E-state index contributed by atoms with van der Waals surface area (Å²) in [5, 5.41) is 21.8. The van der Waals surface area contributed by atoms with E-state index >= 15 is 0 Å². The van der Waals surface area contributed by atoms with Crippen molar-refractivity contribution in [2.45, 2.75) is 58.6 Å². The van der Waals surface area contributed by atoms with Crippen LogP contribution >= 0.6 is 0 Å². The van der Waals surface area contributed by atoms with E-state index in [1.54, 1.807) is 0 Å². The molecule has 4 heteroatoms. The molecule has 1 aromatic carbocycles. The van der Waals surface area contributed by atoms with Gasteiger partial charge in [0.1, 0.15) is 0 Å². The van der Waals surface area contributed by atoms with Crippen LogP contribution in [0.25, 0.3) is 10.9 Å². The summed E-state index contributed by atoms with van der Waals surface area (Å²) in [6.07, 6.45) is -0.123. The van der Waals surface area contributed by atoms with Crippen LogP contribution in [0.2, 0.25) is 0 Å². The fraction of sp³-hybridized carbons (Fsp3) is 0.571. The average molecular weight is 344 g/mol. The number of aliphatic hydroxyl groups is 2. The van der Waals surface area contributed by atoms with Gasteiger partial charge in [0.15, 0.2) is 0 Å². The number of nitrogens with zero attached hydrogens (tertiary/aromatic N) is 2. The van der Waals surface area contributed by atoms with E-state index in [0.29, 0.717) is 6.42 Å². The fourth-order valence-electron chi connectivity index (χ4n) is 3.33. The first-order chi connectivity index (χ1) is 11.8. The molecule has 0 saturated carbocycles. The van der Waals surface area contributed by atoms with Crippen LogP contribution in [0.3, 0.4) is 0 Å². The minimum absolute atomic E-state index is 0.0463. The Hall–Kier alpha value is -1.49. The molecular formula is C21H32N2O2. The molecule has 4 nitrogen and oxygen atoms in total. The first-order valence-corrected chi connectivity index (χ1v) is 9.24. The van der Waals surface area contributed by atoms with Gasteiger partial charge in [-0.25, -0.2) is 0 Å². The quantitative estimate of drug-likeness (QED) is 0.805. The maximum Gasteiger partial charge on any atom is 0.0813 e. The third kappa shape index (κ3) is 4.57. The van der Waals surface area contributed by atoms with Crippen molar-refractivity contribution in [1.29, 1.82) is 0 Å². The molecule has 2 N–H and O–H groups in total. The monoisotopic (exact) mass is 344 g/mol. The Kier molecular flexibility index (Phi) is 6.55. The molecule has 2 aromatic rings. The highest BCUT2D eigenvalue weighted by Crippen LogP contribution is 2.31. The van der Waals surface area contributed by atoms with Gasteiger partial charge in [-0.2, -0.15) is 0 Å². The standard InChI is InChI=1S/C21H32N2O2/c1-6-23(7-2)15(14-24)12-19(25)17-13-20(21(3,4)5)22-18-11-9-8-10-16(17)18/h8-11,13,15,19,24-25H,6-7,12,14H2,1-5H3. The van der Waals surface area contributed by atoms with Crippen LogP contribution < -0.4 is 0 Å². The molecule has 0 aliphatic carbocycles. The van der Waals surface area contributed by atoms with Gasteiger partial charge in [-0.05, 0) is 37.2 Å². The summed E-state index contributed by atoms with van der Waals surface area (Å²) >= 11 is 0. The Morgan fingerprint density at radius 3 is 2.32 bits per heavy atom. The lowest BCUT2D eigenvalue weighted by Crippen LogP contribution is -2.38. The zero-order valence-electron chi connectivity index (χ0n) is 16.2. The number of hydrogen-bond donors (Lipinski definition) is 2. The van der Waals surface area contributed by atoms with Crippen molar-refractivity contribution in [2.24, 2.45) is 0 Å². The maximum absolute atomic E-state index is 11.0. The third-order valence-electron chi connectivity index (χ3n) is 4.91. The van der Waals surface area contributed by atoms with Crippen molar-refractivity contribution in [3.05, 3.63) is 41.6 Å². The molecule has 0 aliphatic rings. The summed E-state index contributed by atoms with van der Waals surface area (Å²) in [6, 6.07) is 9.95. The van der Waals surface area contributed by atoms with Crippen molar-refractivity contribution in [3.8, 4) is 0 Å². The predicted molar refractivity (Wildman–Crippen MR) is 104 cm³/mol. The van der Waals surface area contributed by atoms with Gasteiger partial charge in [0.2, 0.25) is 0 Å². The maximum atomic E-state index is 11.0. The van der Waals surface area contributed by atoms with Gasteiger partial charge < -0.3 is 10.2 Å². The Labute approximate surface area is 151 Å². The molecule has 2 rings (SSSR count). The number of likely N-dealkylation sites (N-methyl/N-ethyl adjacent to an activating group) is 1. The lowest BCUT2D eigenvalue weighted by Gasteiger charge is -2.30. The molecule has 0 spiro atoms. The Balaban J connectivity index is 2.44. The highest BCUT2D eigenvalue weighted by molar-refractivity contribution is 5.82. The van der Waals surface area contributed by atoms with Gasteiger partial charge in [0.25, 0.3) is 0 Å². The van der Waals surface area contributed by atoms with Crippen molar-refractivity contribution >= 4 is 10.9 Å². The molecule has 25 heavy (non-hydrogen) atoms. The van der Waals surface area contributed by atoms with Gasteiger partial charge in [0, 0.05) is 22.5 Å². The van der Waals surface area contributed by atoms with Crippen LogP contribution in [0.5, 0.6) is 0 Å². The zero-order valence-corrected chi connectivity index (χ0v) is 16.2. The highest BCUT2D eigenvalue weighted by Gasteiger charge is 2.24. The van der Waals surface area contributed by atoms with Gasteiger partial charge in [-0.1, -0.05) is 52.8 Å². The topological polar surface area (TPSA) is 56.6 Å². The van der Waals surface area contributed by atoms with Crippen LogP contribution in [-0.4, -0.2) is 45.8 Å². The van der Waals surface area contributed by atoms with E-state index in [-0.39, 0.29) is 18.1 Å². The first kappa shape index (κ1) is 19.8. The minimum Gasteiger partial charge on any atom is -0.395 e. The number of aromatic nitrogens is 1. The van der Waals surface area contributed by atoms with E-state index in [1.807, 2.05) is 30.3 Å². The molecule has 1 aromatic heterocycles. The molecule has 0 radical (unpaired) electrons. The van der Waals surface area contributed by atoms with Crippen LogP contribution in [-0.2, 0) is 5.41 Å². The smallest absolute Gasteiger partial charge is 0.0813 e. The van der Waals surface area contributed by atoms with E-state index in [1.165, 1.54) is 0 Å². The van der Waals surface area contributed by atoms with E-state index in [4.69, 9.17) is 4.98 Å². The van der Waals surface area contributed by atoms with Crippen molar-refractivity contribution < 1.29 is 10.2 Å². The molecular weight excluding hydrogens is 312 g/mol. The van der Waals surface area contributed by atoms with E-state index < -0.39 is 6.10 Å². The Morgan fingerprint density at radius 2 is 1.76 bits per heavy atom. The normalized spacial score (nSPS) is 14.9. The summed E-state index contributed by atoms with van der Waals surface area (Å²) in [5.74, 6) is 0. The van der Waals surface area contributed by atoms with E-state index in [0.717, 1.165) is 35.2 Å². The van der Waals surface area contributed by atoms with Gasteiger partial charge in [0.05, 0.1) is 18.2 Å². The molecule has 1 heterocycles. The summed E-state index contributed by atoms with van der Waals surface area (Å²) in [6.45, 7) is 12.3. The summed E-state index contributed by atoms with van der Waals surface area (Å²) in [7, 11) is 0. The Morgan fingerprint density at radius 1 is 1.12 bits per heavy atom. The van der Waals surface area contributed by atoms with Crippen LogP contribution in [0.15, 0.2) is 30.3 Å². The average Bonchev–Trinajstić information content (AvgIpc) is 2.59. The number of hydrogen-bond acceptors (Lipinski definition) is 4. The number of para-hydroxylation sites is 1. The van der Waals surface area contributed by atoms with Crippen LogP contribution in [0.1, 0.15) is 58.4 Å². The summed E-state index contributed by atoms with van der Waals surface area (Å²) in [4.78, 5) is 6.98. The Bertz CT molecular complexity index is 690. The second-order valence-electron chi connectivity index (χ2n) is 7.67. The van der Waals surface area contributed by atoms with Crippen LogP contribution in [0, 0.1) is 0 Å². The summed E-state index contributed by atoms with van der Waals surface area (Å²) < 4.78 is 0. The SMILES string of the molecule is CCN(CC)C(CO)CC(O)c1cc(C(C)(C)C)nc2ccccc12. The molecule has 0 bridgehead atoms. The highest BCUT2D eigenvalue weighted by atomic mass is 16.3. The molecule has 0 amide bonds. The molecule has 138 valence electrons. The number of pyridine rings is 1. The minimum atomic E-state index is -0.633. The lowest BCUT2D eigenvalue weighted by atomic mass is 9.88. The van der Waals surface area contributed by atoms with E-state index in [9.17, 15) is 10.2 Å². The number of aliphatic hydroxyl groups excluding tert-OH is 2. The third-order valence-corrected chi connectivity index (χ3v) is 4.91. The van der Waals surface area contributed by atoms with Crippen molar-refractivity contribution in [2.75, 3.05) is 19.7 Å². The molecule has 0 saturated heterocycles. The number of rotatable bonds is 7. The number of fused-ring (bicyclic) bond motifs is 1. The largest absolute Gasteiger partial charge is 0.395 e. The summed E-state index contributed by atoms with van der Waals surface area (Å²) in [5.41, 5.74) is 2.70. The molecule has 2 atom stereocenters. The first-order valence-electron chi connectivity index (χ1n) is 9.24. The van der Waals surface area contributed by atoms with Gasteiger partial charge >= 0.3 is 0 Å². The molecule has 0 aliphatic heterocycles. The van der Waals surface area contributed by atoms with Crippen molar-refractivity contribution in [1.82, 2.24) is 9.88 Å². The zero-order chi connectivity index (χ0) is 18.6. The molecule has 0 fully saturated rings. The molecule has 2 unspecified atom stereocenters. The predicted octanol–water partition coefficient (Wildman–Crippen LogP) is 3.66. The van der Waals surface area contributed by atoms with E-state index in [2.05, 4.69) is 39.5 Å². The van der Waals surface area contributed by atoms with Crippen LogP contribution in [0.4, 0.5) is 0 Å². The lowest BCUT2D eigenvalue weighted by molar-refractivity contribution is 0.0720. The van der Waals surface area contributed by atoms with Gasteiger partial charge in [-0.15, -0.1) is 0 Å². The van der Waals surface area contributed by atoms with Gasteiger partial charge in [-0.3, -0.25) is 9.88 Å². The van der Waals surface area contributed by atoms with Crippen molar-refractivity contribution in [3.63, 3.8) is 0 Å². The second kappa shape index (κ2) is 8.26. The number of benzene rings is 1. The second-order valence-corrected chi connectivity index (χ2v) is 7.67.